The fraction of sp³-hybridized carbons (Fsp3) is 0.545. The zero-order valence-corrected chi connectivity index (χ0v) is 11.2. The van der Waals surface area contributed by atoms with Crippen molar-refractivity contribution in [2.75, 3.05) is 27.3 Å². The summed E-state index contributed by atoms with van der Waals surface area (Å²) in [4.78, 5) is 17.2. The van der Waals surface area contributed by atoms with Gasteiger partial charge in [-0.2, -0.15) is 5.26 Å². The molecule has 0 atom stereocenters. The van der Waals surface area contributed by atoms with Gasteiger partial charge < -0.3 is 9.47 Å². The summed E-state index contributed by atoms with van der Waals surface area (Å²) in [6.45, 7) is 1.16. The first-order valence-corrected chi connectivity index (χ1v) is 6.16. The van der Waals surface area contributed by atoms with Gasteiger partial charge in [-0.1, -0.05) is 0 Å². The van der Waals surface area contributed by atoms with Crippen molar-refractivity contribution in [1.82, 2.24) is 9.88 Å². The zero-order chi connectivity index (χ0) is 13.4. The van der Waals surface area contributed by atoms with Crippen LogP contribution in [0.4, 0.5) is 0 Å². The molecule has 0 saturated carbocycles. The Morgan fingerprint density at radius 3 is 3.00 bits per heavy atom. The number of aromatic nitrogens is 1. The third-order valence-electron chi connectivity index (χ3n) is 2.13. The number of carbonyl (C=O) groups is 1. The van der Waals surface area contributed by atoms with Crippen LogP contribution in [0.5, 0.6) is 0 Å². The third kappa shape index (κ3) is 4.79. The minimum absolute atomic E-state index is 0.0845. The Balaban J connectivity index is 2.58. The molecule has 0 fully saturated rings. The number of ether oxygens (including phenoxy) is 2. The number of esters is 1. The van der Waals surface area contributed by atoms with Crippen LogP contribution < -0.4 is 0 Å². The first-order valence-electron chi connectivity index (χ1n) is 5.28. The van der Waals surface area contributed by atoms with Crippen LogP contribution in [0.2, 0.25) is 0 Å². The van der Waals surface area contributed by atoms with E-state index in [0.717, 1.165) is 10.7 Å². The van der Waals surface area contributed by atoms with E-state index in [1.807, 2.05) is 11.4 Å². The predicted octanol–water partition coefficient (Wildman–Crippen LogP) is 0.788. The highest BCUT2D eigenvalue weighted by molar-refractivity contribution is 7.09. The number of nitrogens with zero attached hydrogens (tertiary/aromatic N) is 3. The standard InChI is InChI=1S/C11H15N3O3S/c1-16-7-10-13-9(8-18-10)5-14(4-3-12)6-11(15)17-2/h8H,4-7H2,1-2H3. The second kappa shape index (κ2) is 7.76. The first-order chi connectivity index (χ1) is 8.69. The largest absolute Gasteiger partial charge is 0.468 e. The molecule has 0 spiro atoms. The molecule has 1 heterocycles. The van der Waals surface area contributed by atoms with Gasteiger partial charge in [-0.15, -0.1) is 11.3 Å². The Morgan fingerprint density at radius 1 is 1.61 bits per heavy atom. The molecule has 0 bridgehead atoms. The van der Waals surface area contributed by atoms with Gasteiger partial charge in [0.1, 0.15) is 5.01 Å². The van der Waals surface area contributed by atoms with Gasteiger partial charge >= 0.3 is 5.97 Å². The molecule has 18 heavy (non-hydrogen) atoms. The SMILES string of the molecule is COCc1nc(CN(CC#N)CC(=O)OC)cs1. The Bertz CT molecular complexity index is 427. The topological polar surface area (TPSA) is 75.5 Å². The van der Waals surface area contributed by atoms with Crippen LogP contribution >= 0.6 is 11.3 Å². The van der Waals surface area contributed by atoms with Crippen molar-refractivity contribution in [3.05, 3.63) is 16.1 Å². The maximum atomic E-state index is 11.2. The van der Waals surface area contributed by atoms with Crippen molar-refractivity contribution in [2.45, 2.75) is 13.2 Å². The van der Waals surface area contributed by atoms with Crippen molar-refractivity contribution in [3.8, 4) is 6.07 Å². The van der Waals surface area contributed by atoms with Crippen molar-refractivity contribution in [3.63, 3.8) is 0 Å². The van der Waals surface area contributed by atoms with Crippen molar-refractivity contribution >= 4 is 17.3 Å². The molecule has 6 nitrogen and oxygen atoms in total. The lowest BCUT2D eigenvalue weighted by molar-refractivity contribution is -0.141. The summed E-state index contributed by atoms with van der Waals surface area (Å²) in [5.41, 5.74) is 0.825. The van der Waals surface area contributed by atoms with Crippen LogP contribution in [0, 0.1) is 11.3 Å². The zero-order valence-electron chi connectivity index (χ0n) is 10.4. The van der Waals surface area contributed by atoms with E-state index in [9.17, 15) is 4.79 Å². The molecule has 0 saturated heterocycles. The van der Waals surface area contributed by atoms with Crippen LogP contribution in [0.3, 0.4) is 0 Å². The normalized spacial score (nSPS) is 10.3. The lowest BCUT2D eigenvalue weighted by Gasteiger charge is -2.15. The van der Waals surface area contributed by atoms with Crippen molar-refractivity contribution in [1.29, 1.82) is 5.26 Å². The average molecular weight is 269 g/mol. The molecule has 0 radical (unpaired) electrons. The third-order valence-corrected chi connectivity index (χ3v) is 3.00. The van der Waals surface area contributed by atoms with Gasteiger partial charge in [0.25, 0.3) is 0 Å². The highest BCUT2D eigenvalue weighted by Crippen LogP contribution is 2.12. The quantitative estimate of drug-likeness (QED) is 0.538. The lowest BCUT2D eigenvalue weighted by atomic mass is 10.4. The maximum absolute atomic E-state index is 11.2. The molecule has 0 amide bonds. The summed E-state index contributed by atoms with van der Waals surface area (Å²) in [7, 11) is 2.94. The van der Waals surface area contributed by atoms with Gasteiger partial charge in [-0.05, 0) is 0 Å². The van der Waals surface area contributed by atoms with Gasteiger partial charge in [-0.25, -0.2) is 4.98 Å². The molecular formula is C11H15N3O3S. The van der Waals surface area contributed by atoms with E-state index in [2.05, 4.69) is 9.72 Å². The van der Waals surface area contributed by atoms with E-state index in [-0.39, 0.29) is 19.1 Å². The molecule has 0 aliphatic rings. The van der Waals surface area contributed by atoms with Gasteiger partial charge in [0, 0.05) is 19.0 Å². The van der Waals surface area contributed by atoms with Crippen LogP contribution in [-0.4, -0.2) is 43.2 Å². The average Bonchev–Trinajstić information content (AvgIpc) is 2.77. The Kier molecular flexibility index (Phi) is 6.28. The smallest absolute Gasteiger partial charge is 0.319 e. The number of rotatable bonds is 7. The van der Waals surface area contributed by atoms with Gasteiger partial charge in [-0.3, -0.25) is 9.69 Å². The van der Waals surface area contributed by atoms with E-state index in [1.165, 1.54) is 18.4 Å². The van der Waals surface area contributed by atoms with Crippen molar-refractivity contribution < 1.29 is 14.3 Å². The van der Waals surface area contributed by atoms with Gasteiger partial charge in [0.05, 0.1) is 38.6 Å². The summed E-state index contributed by atoms with van der Waals surface area (Å²) in [5.74, 6) is -0.363. The van der Waals surface area contributed by atoms with E-state index in [4.69, 9.17) is 10.00 Å². The minimum Gasteiger partial charge on any atom is -0.468 e. The predicted molar refractivity (Wildman–Crippen MR) is 65.7 cm³/mol. The molecular weight excluding hydrogens is 254 g/mol. The number of hydrogen-bond donors (Lipinski definition) is 0. The number of thiazole rings is 1. The van der Waals surface area contributed by atoms with Crippen LogP contribution in [0.25, 0.3) is 0 Å². The van der Waals surface area contributed by atoms with Crippen LogP contribution in [0.15, 0.2) is 5.38 Å². The molecule has 0 N–H and O–H groups in total. The monoisotopic (exact) mass is 269 g/mol. The van der Waals surface area contributed by atoms with Gasteiger partial charge in [0.2, 0.25) is 0 Å². The number of hydrogen-bond acceptors (Lipinski definition) is 7. The fourth-order valence-corrected chi connectivity index (χ4v) is 2.11. The van der Waals surface area contributed by atoms with Crippen molar-refractivity contribution in [2.24, 2.45) is 0 Å². The second-order valence-electron chi connectivity index (χ2n) is 3.55. The molecule has 0 unspecified atom stereocenters. The Morgan fingerprint density at radius 2 is 2.39 bits per heavy atom. The molecule has 0 aromatic carbocycles. The highest BCUT2D eigenvalue weighted by atomic mass is 32.1. The Hall–Kier alpha value is -1.49. The van der Waals surface area contributed by atoms with E-state index in [1.54, 1.807) is 12.0 Å². The summed E-state index contributed by atoms with van der Waals surface area (Å²) < 4.78 is 9.56. The number of nitriles is 1. The van der Waals surface area contributed by atoms with E-state index < -0.39 is 0 Å². The Labute approximate surface area is 110 Å². The maximum Gasteiger partial charge on any atom is 0.319 e. The summed E-state index contributed by atoms with van der Waals surface area (Å²) in [5, 5.41) is 11.5. The number of methoxy groups -OCH3 is 2. The summed E-state index contributed by atoms with van der Waals surface area (Å²) in [6, 6.07) is 2.02. The highest BCUT2D eigenvalue weighted by Gasteiger charge is 2.13. The molecule has 7 heteroatoms. The fourth-order valence-electron chi connectivity index (χ4n) is 1.36. The summed E-state index contributed by atoms with van der Waals surface area (Å²) in [6.07, 6.45) is 0. The van der Waals surface area contributed by atoms with E-state index in [0.29, 0.717) is 13.2 Å². The lowest BCUT2D eigenvalue weighted by Crippen LogP contribution is -2.30. The molecule has 1 aromatic heterocycles. The van der Waals surface area contributed by atoms with Crippen LogP contribution in [-0.2, 0) is 27.4 Å². The van der Waals surface area contributed by atoms with E-state index >= 15 is 0 Å². The number of carbonyl (C=O) groups excluding carboxylic acids is 1. The minimum atomic E-state index is -0.363. The van der Waals surface area contributed by atoms with Gasteiger partial charge in [0.15, 0.2) is 0 Å². The molecule has 0 aliphatic carbocycles. The molecule has 0 aliphatic heterocycles. The molecule has 1 aromatic rings. The summed E-state index contributed by atoms with van der Waals surface area (Å²) >= 11 is 1.50. The first kappa shape index (κ1) is 14.6. The van der Waals surface area contributed by atoms with Crippen LogP contribution in [0.1, 0.15) is 10.7 Å². The second-order valence-corrected chi connectivity index (χ2v) is 4.49. The molecule has 1 rings (SSSR count). The molecule has 98 valence electrons.